The molecule has 3 nitrogen and oxygen atoms in total. The molecule has 3 heteroatoms. The Kier molecular flexibility index (Phi) is 4.36. The Bertz CT molecular complexity index is 372. The van der Waals surface area contributed by atoms with Crippen LogP contribution in [0.2, 0.25) is 0 Å². The van der Waals surface area contributed by atoms with E-state index >= 15 is 0 Å². The highest BCUT2D eigenvalue weighted by Crippen LogP contribution is 2.11. The van der Waals surface area contributed by atoms with E-state index in [0.717, 1.165) is 5.56 Å². The SMILES string of the molecule is C=CO[C@@H]1C=C[C@H](OCc2ccccc2)CO1. The van der Waals surface area contributed by atoms with Crippen molar-refractivity contribution in [3.05, 3.63) is 60.9 Å². The molecule has 2 rings (SSSR count). The molecular weight excluding hydrogens is 216 g/mol. The van der Waals surface area contributed by atoms with Gasteiger partial charge >= 0.3 is 0 Å². The van der Waals surface area contributed by atoms with Crippen LogP contribution in [0, 0.1) is 0 Å². The zero-order chi connectivity index (χ0) is 11.9. The molecule has 0 fully saturated rings. The maximum Gasteiger partial charge on any atom is 0.218 e. The monoisotopic (exact) mass is 232 g/mol. The van der Waals surface area contributed by atoms with E-state index in [2.05, 4.69) is 6.58 Å². The summed E-state index contributed by atoms with van der Waals surface area (Å²) in [5.41, 5.74) is 1.16. The van der Waals surface area contributed by atoms with Gasteiger partial charge in [0.25, 0.3) is 0 Å². The Morgan fingerprint density at radius 3 is 2.76 bits per heavy atom. The molecule has 17 heavy (non-hydrogen) atoms. The lowest BCUT2D eigenvalue weighted by molar-refractivity contribution is -0.113. The first kappa shape index (κ1) is 11.9. The van der Waals surface area contributed by atoms with Gasteiger partial charge in [-0.15, -0.1) is 0 Å². The molecule has 0 saturated heterocycles. The van der Waals surface area contributed by atoms with Gasteiger partial charge in [0.15, 0.2) is 0 Å². The fraction of sp³-hybridized carbons (Fsp3) is 0.286. The van der Waals surface area contributed by atoms with Crippen molar-refractivity contribution in [2.24, 2.45) is 0 Å². The highest BCUT2D eigenvalue weighted by molar-refractivity contribution is 5.13. The van der Waals surface area contributed by atoms with Crippen LogP contribution in [0.4, 0.5) is 0 Å². The zero-order valence-corrected chi connectivity index (χ0v) is 9.62. The fourth-order valence-electron chi connectivity index (χ4n) is 1.58. The summed E-state index contributed by atoms with van der Waals surface area (Å²) < 4.78 is 16.2. The first-order valence-corrected chi connectivity index (χ1v) is 5.60. The third-order valence-electron chi connectivity index (χ3n) is 2.44. The van der Waals surface area contributed by atoms with Crippen LogP contribution in [0.1, 0.15) is 5.56 Å². The van der Waals surface area contributed by atoms with Gasteiger partial charge in [0.1, 0.15) is 0 Å². The lowest BCUT2D eigenvalue weighted by Crippen LogP contribution is -2.27. The Morgan fingerprint density at radius 1 is 1.29 bits per heavy atom. The highest BCUT2D eigenvalue weighted by Gasteiger charge is 2.16. The lowest BCUT2D eigenvalue weighted by atomic mass is 10.2. The lowest BCUT2D eigenvalue weighted by Gasteiger charge is -2.23. The number of hydrogen-bond donors (Lipinski definition) is 0. The number of rotatable bonds is 5. The van der Waals surface area contributed by atoms with Gasteiger partial charge in [-0.3, -0.25) is 0 Å². The molecule has 0 aromatic heterocycles. The summed E-state index contributed by atoms with van der Waals surface area (Å²) in [6.07, 6.45) is 4.82. The second-order valence-corrected chi connectivity index (χ2v) is 3.72. The molecule has 0 amide bonds. The van der Waals surface area contributed by atoms with E-state index in [4.69, 9.17) is 14.2 Å². The molecule has 1 heterocycles. The van der Waals surface area contributed by atoms with E-state index in [1.165, 1.54) is 6.26 Å². The van der Waals surface area contributed by atoms with Crippen LogP contribution in [0.5, 0.6) is 0 Å². The van der Waals surface area contributed by atoms with Crippen molar-refractivity contribution in [2.45, 2.75) is 19.0 Å². The summed E-state index contributed by atoms with van der Waals surface area (Å²) in [7, 11) is 0. The topological polar surface area (TPSA) is 27.7 Å². The predicted molar refractivity (Wildman–Crippen MR) is 65.2 cm³/mol. The van der Waals surface area contributed by atoms with E-state index in [1.807, 2.05) is 42.5 Å². The molecule has 1 aliphatic rings. The second kappa shape index (κ2) is 6.23. The van der Waals surface area contributed by atoms with Gasteiger partial charge in [0.05, 0.1) is 25.6 Å². The van der Waals surface area contributed by atoms with Gasteiger partial charge in [-0.2, -0.15) is 0 Å². The van der Waals surface area contributed by atoms with Crippen molar-refractivity contribution in [2.75, 3.05) is 6.61 Å². The predicted octanol–water partition coefficient (Wildman–Crippen LogP) is 2.64. The minimum absolute atomic E-state index is 0.0140. The number of benzene rings is 1. The number of hydrogen-bond acceptors (Lipinski definition) is 3. The van der Waals surface area contributed by atoms with Crippen LogP contribution < -0.4 is 0 Å². The maximum atomic E-state index is 5.70. The molecule has 0 aliphatic carbocycles. The molecule has 0 radical (unpaired) electrons. The normalized spacial score (nSPS) is 23.3. The highest BCUT2D eigenvalue weighted by atomic mass is 16.7. The van der Waals surface area contributed by atoms with Gasteiger partial charge in [0.2, 0.25) is 6.29 Å². The summed E-state index contributed by atoms with van der Waals surface area (Å²) in [5.74, 6) is 0. The quantitative estimate of drug-likeness (QED) is 0.577. The van der Waals surface area contributed by atoms with Crippen LogP contribution in [-0.4, -0.2) is 19.0 Å². The Labute approximate surface area is 101 Å². The van der Waals surface area contributed by atoms with Gasteiger partial charge in [-0.25, -0.2) is 0 Å². The first-order valence-electron chi connectivity index (χ1n) is 5.60. The van der Waals surface area contributed by atoms with E-state index in [9.17, 15) is 0 Å². The van der Waals surface area contributed by atoms with Crippen LogP contribution >= 0.6 is 0 Å². The van der Waals surface area contributed by atoms with Crippen molar-refractivity contribution in [3.8, 4) is 0 Å². The summed E-state index contributed by atoms with van der Waals surface area (Å²) in [5, 5.41) is 0. The van der Waals surface area contributed by atoms with Gasteiger partial charge in [-0.05, 0) is 11.6 Å². The smallest absolute Gasteiger partial charge is 0.218 e. The Hall–Kier alpha value is -1.58. The molecule has 90 valence electrons. The molecule has 0 saturated carbocycles. The molecule has 2 atom stereocenters. The fourth-order valence-corrected chi connectivity index (χ4v) is 1.58. The van der Waals surface area contributed by atoms with Crippen molar-refractivity contribution < 1.29 is 14.2 Å². The van der Waals surface area contributed by atoms with Crippen molar-refractivity contribution >= 4 is 0 Å². The largest absolute Gasteiger partial charge is 0.469 e. The van der Waals surface area contributed by atoms with Crippen LogP contribution in [0.25, 0.3) is 0 Å². The summed E-state index contributed by atoms with van der Waals surface area (Å²) in [6.45, 7) is 4.57. The average molecular weight is 232 g/mol. The molecule has 0 spiro atoms. The van der Waals surface area contributed by atoms with Gasteiger partial charge in [0, 0.05) is 0 Å². The Morgan fingerprint density at radius 2 is 2.12 bits per heavy atom. The third-order valence-corrected chi connectivity index (χ3v) is 2.44. The minimum Gasteiger partial charge on any atom is -0.469 e. The standard InChI is InChI=1S/C14H16O3/c1-2-15-14-9-8-13(11-17-14)16-10-12-6-4-3-5-7-12/h2-9,13-14H,1,10-11H2/t13-,14-/m0/s1. The van der Waals surface area contributed by atoms with E-state index < -0.39 is 0 Å². The van der Waals surface area contributed by atoms with E-state index in [0.29, 0.717) is 13.2 Å². The molecule has 1 aromatic rings. The second-order valence-electron chi connectivity index (χ2n) is 3.72. The molecule has 0 unspecified atom stereocenters. The van der Waals surface area contributed by atoms with Crippen molar-refractivity contribution in [1.82, 2.24) is 0 Å². The number of ether oxygens (including phenoxy) is 3. The summed E-state index contributed by atoms with van der Waals surface area (Å²) >= 11 is 0. The Balaban J connectivity index is 1.78. The molecule has 1 aliphatic heterocycles. The van der Waals surface area contributed by atoms with Crippen LogP contribution in [-0.2, 0) is 20.8 Å². The average Bonchev–Trinajstić information content (AvgIpc) is 2.40. The minimum atomic E-state index is -0.330. The molecule has 1 aromatic carbocycles. The van der Waals surface area contributed by atoms with E-state index in [1.54, 1.807) is 0 Å². The molecule has 0 bridgehead atoms. The third kappa shape index (κ3) is 3.73. The van der Waals surface area contributed by atoms with E-state index in [-0.39, 0.29) is 12.4 Å². The van der Waals surface area contributed by atoms with Crippen LogP contribution in [0.3, 0.4) is 0 Å². The van der Waals surface area contributed by atoms with Crippen molar-refractivity contribution in [1.29, 1.82) is 0 Å². The summed E-state index contributed by atoms with van der Waals surface area (Å²) in [6, 6.07) is 10.1. The molecule has 0 N–H and O–H groups in total. The van der Waals surface area contributed by atoms with Gasteiger partial charge < -0.3 is 14.2 Å². The van der Waals surface area contributed by atoms with Crippen LogP contribution in [0.15, 0.2) is 55.3 Å². The maximum absolute atomic E-state index is 5.70. The summed E-state index contributed by atoms with van der Waals surface area (Å²) in [4.78, 5) is 0. The van der Waals surface area contributed by atoms with Gasteiger partial charge in [-0.1, -0.05) is 43.0 Å². The molecular formula is C14H16O3. The zero-order valence-electron chi connectivity index (χ0n) is 9.62. The van der Waals surface area contributed by atoms with Crippen molar-refractivity contribution in [3.63, 3.8) is 0 Å². The first-order chi connectivity index (χ1) is 8.38.